The van der Waals surface area contributed by atoms with E-state index in [1.165, 1.54) is 0 Å². The highest BCUT2D eigenvalue weighted by Gasteiger charge is 2.34. The lowest BCUT2D eigenvalue weighted by atomic mass is 9.88. The summed E-state index contributed by atoms with van der Waals surface area (Å²) in [4.78, 5) is 14.1. The summed E-state index contributed by atoms with van der Waals surface area (Å²) in [5.41, 5.74) is 0. The average Bonchev–Trinajstić information content (AvgIpc) is 2.38. The molecule has 0 aromatic heterocycles. The van der Waals surface area contributed by atoms with Crippen molar-refractivity contribution >= 4 is 5.91 Å². The van der Waals surface area contributed by atoms with Gasteiger partial charge in [-0.2, -0.15) is 5.26 Å². The third-order valence-corrected chi connectivity index (χ3v) is 3.48. The van der Waals surface area contributed by atoms with E-state index in [9.17, 15) is 4.79 Å². The maximum Gasteiger partial charge on any atom is 0.226 e. The van der Waals surface area contributed by atoms with Gasteiger partial charge in [0.05, 0.1) is 19.2 Å². The molecule has 2 aliphatic heterocycles. The van der Waals surface area contributed by atoms with Crippen molar-refractivity contribution in [3.05, 3.63) is 0 Å². The zero-order chi connectivity index (χ0) is 12.3. The average molecular weight is 238 g/mol. The highest BCUT2D eigenvalue weighted by atomic mass is 16.5. The quantitative estimate of drug-likeness (QED) is 0.663. The molecule has 0 aromatic rings. The Bertz CT molecular complexity index is 326. The van der Waals surface area contributed by atoms with E-state index in [-0.39, 0.29) is 17.7 Å². The summed E-state index contributed by atoms with van der Waals surface area (Å²) in [7, 11) is 0. The molecule has 2 aliphatic rings. The van der Waals surface area contributed by atoms with Crippen LogP contribution in [0.3, 0.4) is 0 Å². The number of rotatable bonds is 1. The van der Waals surface area contributed by atoms with Gasteiger partial charge in [-0.05, 0) is 12.3 Å². The van der Waals surface area contributed by atoms with Crippen molar-refractivity contribution in [3.63, 3.8) is 0 Å². The molecule has 0 bridgehead atoms. The smallest absolute Gasteiger partial charge is 0.226 e. The van der Waals surface area contributed by atoms with E-state index in [2.05, 4.69) is 6.07 Å². The van der Waals surface area contributed by atoms with Crippen LogP contribution in [-0.4, -0.2) is 49.8 Å². The molecule has 0 saturated carbocycles. The van der Waals surface area contributed by atoms with E-state index in [0.29, 0.717) is 32.9 Å². The van der Waals surface area contributed by atoms with Crippen LogP contribution in [0.15, 0.2) is 0 Å². The Morgan fingerprint density at radius 1 is 1.47 bits per heavy atom. The Labute approximate surface area is 101 Å². The molecule has 2 saturated heterocycles. The SMILES string of the molecule is CC1COCCC1C(=O)N1CCOC(C#N)C1. The largest absolute Gasteiger partial charge is 0.381 e. The van der Waals surface area contributed by atoms with Gasteiger partial charge in [-0.1, -0.05) is 6.92 Å². The monoisotopic (exact) mass is 238 g/mol. The molecule has 2 fully saturated rings. The number of amides is 1. The van der Waals surface area contributed by atoms with Crippen LogP contribution in [0, 0.1) is 23.2 Å². The highest BCUT2D eigenvalue weighted by Crippen LogP contribution is 2.24. The first-order valence-corrected chi connectivity index (χ1v) is 6.10. The first kappa shape index (κ1) is 12.3. The van der Waals surface area contributed by atoms with Crippen molar-refractivity contribution in [2.45, 2.75) is 19.4 Å². The molecule has 0 spiro atoms. The minimum absolute atomic E-state index is 0.0428. The second-order valence-electron chi connectivity index (χ2n) is 4.72. The Morgan fingerprint density at radius 3 is 3.00 bits per heavy atom. The fourth-order valence-corrected chi connectivity index (χ4v) is 2.41. The summed E-state index contributed by atoms with van der Waals surface area (Å²) in [5.74, 6) is 0.463. The van der Waals surface area contributed by atoms with E-state index in [4.69, 9.17) is 14.7 Å². The van der Waals surface area contributed by atoms with Gasteiger partial charge >= 0.3 is 0 Å². The Hall–Kier alpha value is -1.12. The van der Waals surface area contributed by atoms with Crippen LogP contribution < -0.4 is 0 Å². The maximum atomic E-state index is 12.3. The first-order valence-electron chi connectivity index (χ1n) is 6.10. The van der Waals surface area contributed by atoms with E-state index in [1.807, 2.05) is 6.92 Å². The summed E-state index contributed by atoms with van der Waals surface area (Å²) < 4.78 is 10.6. The van der Waals surface area contributed by atoms with Crippen LogP contribution in [0.25, 0.3) is 0 Å². The number of hydrogen-bond donors (Lipinski definition) is 0. The van der Waals surface area contributed by atoms with Gasteiger partial charge in [0.1, 0.15) is 0 Å². The molecule has 0 N–H and O–H groups in total. The van der Waals surface area contributed by atoms with Crippen molar-refractivity contribution < 1.29 is 14.3 Å². The van der Waals surface area contributed by atoms with E-state index in [1.54, 1.807) is 4.90 Å². The summed E-state index contributed by atoms with van der Waals surface area (Å²) in [6, 6.07) is 2.06. The van der Waals surface area contributed by atoms with E-state index >= 15 is 0 Å². The molecule has 3 unspecified atom stereocenters. The summed E-state index contributed by atoms with van der Waals surface area (Å²) in [6.45, 7) is 4.82. The van der Waals surface area contributed by atoms with Gasteiger partial charge < -0.3 is 14.4 Å². The predicted molar refractivity (Wildman–Crippen MR) is 60.0 cm³/mol. The summed E-state index contributed by atoms with van der Waals surface area (Å²) in [6.07, 6.45) is 0.317. The molecule has 1 amide bonds. The fraction of sp³-hybridized carbons (Fsp3) is 0.833. The van der Waals surface area contributed by atoms with Gasteiger partial charge in [0.15, 0.2) is 6.10 Å². The van der Waals surface area contributed by atoms with Crippen molar-refractivity contribution in [2.24, 2.45) is 11.8 Å². The molecule has 2 rings (SSSR count). The normalized spacial score (nSPS) is 34.1. The molecule has 0 aliphatic carbocycles. The predicted octanol–water partition coefficient (Wildman–Crippen LogP) is 0.410. The Morgan fingerprint density at radius 2 is 2.29 bits per heavy atom. The Balaban J connectivity index is 1.96. The molecule has 5 heteroatoms. The van der Waals surface area contributed by atoms with E-state index in [0.717, 1.165) is 6.42 Å². The zero-order valence-electron chi connectivity index (χ0n) is 10.1. The van der Waals surface area contributed by atoms with Gasteiger partial charge in [-0.25, -0.2) is 0 Å². The number of ether oxygens (including phenoxy) is 2. The van der Waals surface area contributed by atoms with Crippen LogP contribution in [0.2, 0.25) is 0 Å². The first-order chi connectivity index (χ1) is 8.22. The third kappa shape index (κ3) is 2.76. The maximum absolute atomic E-state index is 12.3. The minimum atomic E-state index is -0.470. The molecule has 2 heterocycles. The second-order valence-corrected chi connectivity index (χ2v) is 4.72. The second kappa shape index (κ2) is 5.48. The molecule has 17 heavy (non-hydrogen) atoms. The van der Waals surface area contributed by atoms with Crippen molar-refractivity contribution in [1.29, 1.82) is 5.26 Å². The number of hydrogen-bond acceptors (Lipinski definition) is 4. The van der Waals surface area contributed by atoms with Crippen molar-refractivity contribution in [2.75, 3.05) is 32.9 Å². The molecular formula is C12H18N2O3. The summed E-state index contributed by atoms with van der Waals surface area (Å²) in [5, 5.41) is 8.82. The number of nitrogens with zero attached hydrogens (tertiary/aromatic N) is 2. The number of carbonyl (C=O) groups is 1. The number of nitriles is 1. The van der Waals surface area contributed by atoms with Crippen molar-refractivity contribution in [1.82, 2.24) is 4.90 Å². The van der Waals surface area contributed by atoms with Crippen LogP contribution in [0.4, 0.5) is 0 Å². The van der Waals surface area contributed by atoms with E-state index < -0.39 is 6.10 Å². The lowest BCUT2D eigenvalue weighted by Crippen LogP contribution is -2.49. The molecular weight excluding hydrogens is 220 g/mol. The zero-order valence-corrected chi connectivity index (χ0v) is 10.1. The molecule has 0 radical (unpaired) electrons. The number of carbonyl (C=O) groups excluding carboxylic acids is 1. The van der Waals surface area contributed by atoms with Crippen LogP contribution in [0.1, 0.15) is 13.3 Å². The molecule has 94 valence electrons. The molecule has 3 atom stereocenters. The van der Waals surface area contributed by atoms with Gasteiger partial charge in [-0.3, -0.25) is 4.79 Å². The Kier molecular flexibility index (Phi) is 3.97. The van der Waals surface area contributed by atoms with Crippen molar-refractivity contribution in [3.8, 4) is 6.07 Å². The van der Waals surface area contributed by atoms with Gasteiger partial charge in [0.2, 0.25) is 5.91 Å². The van der Waals surface area contributed by atoms with Crippen LogP contribution in [-0.2, 0) is 14.3 Å². The lowest BCUT2D eigenvalue weighted by Gasteiger charge is -2.36. The number of morpholine rings is 1. The fourth-order valence-electron chi connectivity index (χ4n) is 2.41. The van der Waals surface area contributed by atoms with Crippen LogP contribution >= 0.6 is 0 Å². The highest BCUT2D eigenvalue weighted by molar-refractivity contribution is 5.79. The van der Waals surface area contributed by atoms with Gasteiger partial charge in [-0.15, -0.1) is 0 Å². The molecule has 0 aromatic carbocycles. The van der Waals surface area contributed by atoms with Gasteiger partial charge in [0, 0.05) is 25.7 Å². The summed E-state index contributed by atoms with van der Waals surface area (Å²) >= 11 is 0. The van der Waals surface area contributed by atoms with Gasteiger partial charge in [0.25, 0.3) is 0 Å². The molecule has 5 nitrogen and oxygen atoms in total. The lowest BCUT2D eigenvalue weighted by molar-refractivity contribution is -0.147. The third-order valence-electron chi connectivity index (χ3n) is 3.48. The van der Waals surface area contributed by atoms with Crippen LogP contribution in [0.5, 0.6) is 0 Å². The topological polar surface area (TPSA) is 62.6 Å². The minimum Gasteiger partial charge on any atom is -0.381 e. The standard InChI is InChI=1S/C12H18N2O3/c1-9-8-16-4-2-11(9)12(15)14-3-5-17-10(6-13)7-14/h9-11H,2-5,7-8H2,1H3.